The van der Waals surface area contributed by atoms with Crippen LogP contribution in [0.25, 0.3) is 0 Å². The van der Waals surface area contributed by atoms with Gasteiger partial charge in [-0.15, -0.1) is 0 Å². The van der Waals surface area contributed by atoms with E-state index >= 15 is 0 Å². The molecule has 1 aliphatic heterocycles. The van der Waals surface area contributed by atoms with Crippen LogP contribution in [-0.2, 0) is 20.7 Å². The minimum atomic E-state index is -0.692. The molecule has 2 unspecified atom stereocenters. The topological polar surface area (TPSA) is 92.9 Å². The molecule has 21 heavy (non-hydrogen) atoms. The zero-order chi connectivity index (χ0) is 15.6. The van der Waals surface area contributed by atoms with Crippen LogP contribution in [0.15, 0.2) is 4.52 Å². The van der Waals surface area contributed by atoms with E-state index in [0.717, 1.165) is 11.3 Å². The Labute approximate surface area is 122 Å². The summed E-state index contributed by atoms with van der Waals surface area (Å²) in [6.45, 7) is 3.80. The number of aliphatic hydroxyl groups is 1. The standard InChI is InChI=1S/C14H20N2O5/c1-8-11(9(2)21-15-8)4-5-13(18)16-7-10(17)6-12(16)14(19)20-3/h10,12,17H,4-7H2,1-3H3. The molecule has 1 saturated heterocycles. The molecule has 0 radical (unpaired) electrons. The third kappa shape index (κ3) is 3.24. The van der Waals surface area contributed by atoms with Crippen molar-refractivity contribution in [1.29, 1.82) is 0 Å². The molecular weight excluding hydrogens is 276 g/mol. The Morgan fingerprint density at radius 1 is 1.48 bits per heavy atom. The molecule has 7 nitrogen and oxygen atoms in total. The lowest BCUT2D eigenvalue weighted by Crippen LogP contribution is -2.41. The van der Waals surface area contributed by atoms with E-state index in [1.54, 1.807) is 6.92 Å². The zero-order valence-corrected chi connectivity index (χ0v) is 12.5. The van der Waals surface area contributed by atoms with Gasteiger partial charge in [0, 0.05) is 24.9 Å². The molecule has 2 rings (SSSR count). The van der Waals surface area contributed by atoms with Gasteiger partial charge in [0.2, 0.25) is 5.91 Å². The fourth-order valence-electron chi connectivity index (χ4n) is 2.68. The van der Waals surface area contributed by atoms with Gasteiger partial charge in [-0.05, 0) is 20.3 Å². The lowest BCUT2D eigenvalue weighted by atomic mass is 10.1. The second-order valence-corrected chi connectivity index (χ2v) is 5.28. The highest BCUT2D eigenvalue weighted by molar-refractivity contribution is 5.85. The fraction of sp³-hybridized carbons (Fsp3) is 0.643. The number of esters is 1. The normalized spacial score (nSPS) is 21.6. The molecule has 0 saturated carbocycles. The second-order valence-electron chi connectivity index (χ2n) is 5.28. The van der Waals surface area contributed by atoms with Crippen molar-refractivity contribution >= 4 is 11.9 Å². The van der Waals surface area contributed by atoms with Crippen LogP contribution in [0.2, 0.25) is 0 Å². The average Bonchev–Trinajstić information content (AvgIpc) is 2.99. The molecular formula is C14H20N2O5. The van der Waals surface area contributed by atoms with E-state index < -0.39 is 18.1 Å². The summed E-state index contributed by atoms with van der Waals surface area (Å²) in [5, 5.41) is 13.5. The predicted molar refractivity (Wildman–Crippen MR) is 72.4 cm³/mol. The van der Waals surface area contributed by atoms with Crippen LogP contribution in [-0.4, -0.2) is 52.8 Å². The minimum Gasteiger partial charge on any atom is -0.467 e. The number of methoxy groups -OCH3 is 1. The number of β-amino-alcohol motifs (C(OH)–C–C–N with tert-alkyl or cyclic N) is 1. The molecule has 116 valence electrons. The first-order chi connectivity index (χ1) is 9.93. The number of hydrogen-bond acceptors (Lipinski definition) is 6. The third-order valence-electron chi connectivity index (χ3n) is 3.84. The van der Waals surface area contributed by atoms with Crippen molar-refractivity contribution in [2.24, 2.45) is 0 Å². The van der Waals surface area contributed by atoms with E-state index in [-0.39, 0.29) is 25.3 Å². The molecule has 1 N–H and O–H groups in total. The zero-order valence-electron chi connectivity index (χ0n) is 12.5. The van der Waals surface area contributed by atoms with E-state index in [9.17, 15) is 14.7 Å². The maximum atomic E-state index is 12.3. The van der Waals surface area contributed by atoms with Gasteiger partial charge in [-0.25, -0.2) is 4.79 Å². The number of aliphatic hydroxyl groups excluding tert-OH is 1. The van der Waals surface area contributed by atoms with Crippen molar-refractivity contribution in [1.82, 2.24) is 10.1 Å². The molecule has 0 spiro atoms. The first-order valence-corrected chi connectivity index (χ1v) is 6.91. The van der Waals surface area contributed by atoms with Gasteiger partial charge in [0.15, 0.2) is 0 Å². The van der Waals surface area contributed by atoms with Crippen molar-refractivity contribution in [3.05, 3.63) is 17.0 Å². The Morgan fingerprint density at radius 2 is 2.19 bits per heavy atom. The van der Waals surface area contributed by atoms with Crippen LogP contribution in [0.4, 0.5) is 0 Å². The van der Waals surface area contributed by atoms with Gasteiger partial charge in [-0.1, -0.05) is 5.16 Å². The lowest BCUT2D eigenvalue weighted by molar-refractivity contribution is -0.150. The number of nitrogens with zero attached hydrogens (tertiary/aromatic N) is 2. The number of ether oxygens (including phenoxy) is 1. The fourth-order valence-corrected chi connectivity index (χ4v) is 2.68. The molecule has 2 atom stereocenters. The van der Waals surface area contributed by atoms with Gasteiger partial charge in [-0.3, -0.25) is 4.79 Å². The molecule has 1 aromatic heterocycles. The van der Waals surface area contributed by atoms with Gasteiger partial charge in [0.25, 0.3) is 0 Å². The maximum Gasteiger partial charge on any atom is 0.328 e. The summed E-state index contributed by atoms with van der Waals surface area (Å²) in [5.74, 6) is 0.0328. The SMILES string of the molecule is COC(=O)C1CC(O)CN1C(=O)CCc1c(C)noc1C. The van der Waals surface area contributed by atoms with E-state index in [1.165, 1.54) is 12.0 Å². The third-order valence-corrected chi connectivity index (χ3v) is 3.84. The lowest BCUT2D eigenvalue weighted by Gasteiger charge is -2.22. The largest absolute Gasteiger partial charge is 0.467 e. The number of amides is 1. The number of aryl methyl sites for hydroxylation is 2. The quantitative estimate of drug-likeness (QED) is 0.806. The Kier molecular flexibility index (Phi) is 4.62. The summed E-state index contributed by atoms with van der Waals surface area (Å²) < 4.78 is 9.74. The van der Waals surface area contributed by atoms with E-state index in [4.69, 9.17) is 4.52 Å². The first-order valence-electron chi connectivity index (χ1n) is 6.91. The van der Waals surface area contributed by atoms with Gasteiger partial charge in [-0.2, -0.15) is 0 Å². The molecule has 0 aromatic carbocycles. The number of hydrogen-bond donors (Lipinski definition) is 1. The van der Waals surface area contributed by atoms with E-state index in [2.05, 4.69) is 9.89 Å². The van der Waals surface area contributed by atoms with Crippen molar-refractivity contribution < 1.29 is 24.0 Å². The molecule has 0 aliphatic carbocycles. The van der Waals surface area contributed by atoms with Crippen LogP contribution in [0.1, 0.15) is 29.9 Å². The molecule has 1 fully saturated rings. The number of carbonyl (C=O) groups is 2. The monoisotopic (exact) mass is 296 g/mol. The summed E-state index contributed by atoms with van der Waals surface area (Å²) in [4.78, 5) is 25.4. The molecule has 0 bridgehead atoms. The maximum absolute atomic E-state index is 12.3. The molecule has 1 aromatic rings. The van der Waals surface area contributed by atoms with Crippen LogP contribution in [0.3, 0.4) is 0 Å². The average molecular weight is 296 g/mol. The first kappa shape index (κ1) is 15.5. The summed E-state index contributed by atoms with van der Waals surface area (Å²) in [7, 11) is 1.28. The smallest absolute Gasteiger partial charge is 0.328 e. The highest BCUT2D eigenvalue weighted by atomic mass is 16.5. The second kappa shape index (κ2) is 6.26. The minimum absolute atomic E-state index is 0.167. The summed E-state index contributed by atoms with van der Waals surface area (Å²) in [6, 6.07) is -0.692. The Balaban J connectivity index is 2.00. The molecule has 1 amide bonds. The predicted octanol–water partition coefficient (Wildman–Crippen LogP) is 0.359. The van der Waals surface area contributed by atoms with Crippen molar-refractivity contribution in [2.75, 3.05) is 13.7 Å². The number of rotatable bonds is 4. The van der Waals surface area contributed by atoms with Gasteiger partial charge in [0.1, 0.15) is 11.8 Å². The van der Waals surface area contributed by atoms with Crippen LogP contribution in [0.5, 0.6) is 0 Å². The number of carbonyl (C=O) groups excluding carboxylic acids is 2. The van der Waals surface area contributed by atoms with Crippen LogP contribution in [0, 0.1) is 13.8 Å². The van der Waals surface area contributed by atoms with Crippen molar-refractivity contribution in [2.45, 2.75) is 45.3 Å². The molecule has 1 aliphatic rings. The Morgan fingerprint density at radius 3 is 2.76 bits per heavy atom. The van der Waals surface area contributed by atoms with Gasteiger partial charge >= 0.3 is 5.97 Å². The highest BCUT2D eigenvalue weighted by Gasteiger charge is 2.39. The van der Waals surface area contributed by atoms with E-state index in [0.29, 0.717) is 12.2 Å². The van der Waals surface area contributed by atoms with Crippen molar-refractivity contribution in [3.8, 4) is 0 Å². The number of likely N-dealkylation sites (tertiary alicyclic amines) is 1. The van der Waals surface area contributed by atoms with Gasteiger partial charge in [0.05, 0.1) is 18.9 Å². The van der Waals surface area contributed by atoms with Gasteiger partial charge < -0.3 is 19.3 Å². The Hall–Kier alpha value is -1.89. The summed E-state index contributed by atoms with van der Waals surface area (Å²) in [6.07, 6.45) is 0.282. The summed E-state index contributed by atoms with van der Waals surface area (Å²) >= 11 is 0. The summed E-state index contributed by atoms with van der Waals surface area (Å²) in [5.41, 5.74) is 1.68. The molecule has 2 heterocycles. The van der Waals surface area contributed by atoms with Crippen LogP contribution >= 0.6 is 0 Å². The highest BCUT2D eigenvalue weighted by Crippen LogP contribution is 2.21. The van der Waals surface area contributed by atoms with Crippen molar-refractivity contribution in [3.63, 3.8) is 0 Å². The van der Waals surface area contributed by atoms with Crippen LogP contribution < -0.4 is 0 Å². The molecule has 7 heteroatoms. The van der Waals surface area contributed by atoms with E-state index in [1.807, 2.05) is 6.92 Å². The number of aromatic nitrogens is 1. The Bertz CT molecular complexity index is 520.